The first-order valence-corrected chi connectivity index (χ1v) is 7.57. The molecule has 0 aliphatic carbocycles. The molecular formula is C10H11NO2S2. The lowest BCUT2D eigenvalue weighted by molar-refractivity contribution is 0.602. The maximum Gasteiger partial charge on any atom is 0.153 e. The van der Waals surface area contributed by atoms with Gasteiger partial charge < -0.3 is 5.32 Å². The van der Waals surface area contributed by atoms with Crippen molar-refractivity contribution in [3.63, 3.8) is 0 Å². The number of thioether (sulfide) groups is 1. The monoisotopic (exact) mass is 241 g/mol. The minimum Gasteiger partial charge on any atom is -0.379 e. The zero-order valence-corrected chi connectivity index (χ0v) is 9.64. The highest BCUT2D eigenvalue weighted by Crippen LogP contribution is 2.41. The van der Waals surface area contributed by atoms with Gasteiger partial charge in [0.2, 0.25) is 0 Å². The van der Waals surface area contributed by atoms with Gasteiger partial charge in [-0.05, 0) is 12.1 Å². The summed E-state index contributed by atoms with van der Waals surface area (Å²) in [5.41, 5.74) is 1.07. The van der Waals surface area contributed by atoms with E-state index in [0.29, 0.717) is 5.75 Å². The molecule has 1 N–H and O–H groups in total. The molecule has 2 aliphatic rings. The fraction of sp³-hybridized carbons (Fsp3) is 0.400. The summed E-state index contributed by atoms with van der Waals surface area (Å²) >= 11 is 1.69. The molecule has 0 amide bonds. The van der Waals surface area contributed by atoms with Crippen LogP contribution in [0.2, 0.25) is 0 Å². The number of para-hydroxylation sites is 1. The van der Waals surface area contributed by atoms with Gasteiger partial charge in [0.25, 0.3) is 0 Å². The summed E-state index contributed by atoms with van der Waals surface area (Å²) in [6, 6.07) is 8.08. The third-order valence-corrected chi connectivity index (χ3v) is 6.16. The van der Waals surface area contributed by atoms with E-state index in [9.17, 15) is 8.42 Å². The number of benzene rings is 1. The molecule has 0 radical (unpaired) electrons. The van der Waals surface area contributed by atoms with Crippen LogP contribution in [0.15, 0.2) is 29.2 Å². The molecule has 1 aromatic rings. The van der Waals surface area contributed by atoms with Gasteiger partial charge in [-0.3, -0.25) is 0 Å². The summed E-state index contributed by atoms with van der Waals surface area (Å²) in [6.45, 7) is 0. The number of nitrogens with one attached hydrogen (secondary N) is 1. The average molecular weight is 241 g/mol. The third kappa shape index (κ3) is 1.63. The highest BCUT2D eigenvalue weighted by Gasteiger charge is 2.40. The van der Waals surface area contributed by atoms with Crippen LogP contribution in [0, 0.1) is 0 Å². The number of fused-ring (bicyclic) bond motifs is 2. The summed E-state index contributed by atoms with van der Waals surface area (Å²) in [5, 5.41) is 3.50. The molecule has 2 aliphatic heterocycles. The van der Waals surface area contributed by atoms with Gasteiger partial charge in [-0.1, -0.05) is 12.1 Å². The fourth-order valence-electron chi connectivity index (χ4n) is 2.12. The fourth-order valence-corrected chi connectivity index (χ4v) is 5.93. The molecule has 3 rings (SSSR count). The molecule has 0 bridgehead atoms. The minimum absolute atomic E-state index is 0.0925. The largest absolute Gasteiger partial charge is 0.379 e. The van der Waals surface area contributed by atoms with Crippen LogP contribution in [0.3, 0.4) is 0 Å². The topological polar surface area (TPSA) is 46.2 Å². The first-order chi connectivity index (χ1) is 7.14. The molecule has 1 saturated heterocycles. The molecule has 80 valence electrons. The van der Waals surface area contributed by atoms with Gasteiger partial charge >= 0.3 is 0 Å². The number of sulfone groups is 1. The summed E-state index contributed by atoms with van der Waals surface area (Å²) in [5.74, 6) is 0.586. The maximum absolute atomic E-state index is 11.5. The normalized spacial score (nSPS) is 31.5. The summed E-state index contributed by atoms with van der Waals surface area (Å²) in [6.07, 6.45) is 0. The van der Waals surface area contributed by atoms with Crippen LogP contribution in [0.4, 0.5) is 5.69 Å². The minimum atomic E-state index is -2.83. The lowest BCUT2D eigenvalue weighted by Crippen LogP contribution is -2.33. The molecule has 2 atom stereocenters. The van der Waals surface area contributed by atoms with Crippen molar-refractivity contribution in [3.8, 4) is 0 Å². The summed E-state index contributed by atoms with van der Waals surface area (Å²) in [7, 11) is -2.83. The van der Waals surface area contributed by atoms with Crippen LogP contribution in [0.1, 0.15) is 0 Å². The van der Waals surface area contributed by atoms with E-state index in [1.807, 2.05) is 24.3 Å². The molecule has 0 unspecified atom stereocenters. The third-order valence-electron chi connectivity index (χ3n) is 2.81. The molecule has 0 spiro atoms. The Morgan fingerprint density at radius 2 is 2.07 bits per heavy atom. The first-order valence-electron chi connectivity index (χ1n) is 4.87. The molecule has 5 heteroatoms. The standard InChI is InChI=1S/C10H11NO2S2/c12-15(13)5-8-10(6-15)14-9-4-2-1-3-7(9)11-8/h1-4,8,10-11H,5-6H2/t8-,10+/m0/s1. The van der Waals surface area contributed by atoms with Gasteiger partial charge in [-0.15, -0.1) is 11.8 Å². The van der Waals surface area contributed by atoms with Crippen molar-refractivity contribution in [1.82, 2.24) is 0 Å². The van der Waals surface area contributed by atoms with E-state index in [2.05, 4.69) is 5.32 Å². The zero-order chi connectivity index (χ0) is 10.5. The van der Waals surface area contributed by atoms with E-state index in [-0.39, 0.29) is 17.0 Å². The van der Waals surface area contributed by atoms with Gasteiger partial charge in [0.15, 0.2) is 9.84 Å². The maximum atomic E-state index is 11.5. The second-order valence-electron chi connectivity index (χ2n) is 3.98. The molecule has 15 heavy (non-hydrogen) atoms. The Kier molecular flexibility index (Phi) is 2.01. The lowest BCUT2D eigenvalue weighted by Gasteiger charge is -2.27. The van der Waals surface area contributed by atoms with E-state index < -0.39 is 9.84 Å². The van der Waals surface area contributed by atoms with Gasteiger partial charge in [-0.2, -0.15) is 0 Å². The summed E-state index contributed by atoms with van der Waals surface area (Å²) < 4.78 is 23.0. The van der Waals surface area contributed by atoms with Gasteiger partial charge in [0, 0.05) is 15.8 Å². The Hall–Kier alpha value is -0.680. The molecular weight excluding hydrogens is 230 g/mol. The molecule has 0 saturated carbocycles. The Labute approximate surface area is 93.2 Å². The number of rotatable bonds is 0. The van der Waals surface area contributed by atoms with Crippen molar-refractivity contribution in [2.45, 2.75) is 16.2 Å². The van der Waals surface area contributed by atoms with Gasteiger partial charge in [0.1, 0.15) is 0 Å². The molecule has 1 aromatic carbocycles. The van der Waals surface area contributed by atoms with E-state index in [4.69, 9.17) is 0 Å². The molecule has 1 fully saturated rings. The van der Waals surface area contributed by atoms with Gasteiger partial charge in [0.05, 0.1) is 17.5 Å². The van der Waals surface area contributed by atoms with E-state index >= 15 is 0 Å². The van der Waals surface area contributed by atoms with Crippen molar-refractivity contribution in [3.05, 3.63) is 24.3 Å². The second-order valence-corrected chi connectivity index (χ2v) is 7.42. The van der Waals surface area contributed by atoms with E-state index in [1.54, 1.807) is 11.8 Å². The highest BCUT2D eigenvalue weighted by molar-refractivity contribution is 8.02. The smallest absolute Gasteiger partial charge is 0.153 e. The van der Waals surface area contributed by atoms with Crippen molar-refractivity contribution in [2.75, 3.05) is 16.8 Å². The van der Waals surface area contributed by atoms with Crippen LogP contribution >= 0.6 is 11.8 Å². The number of anilines is 1. The highest BCUT2D eigenvalue weighted by atomic mass is 32.2. The summed E-state index contributed by atoms with van der Waals surface area (Å²) in [4.78, 5) is 1.16. The van der Waals surface area contributed by atoms with Gasteiger partial charge in [-0.25, -0.2) is 8.42 Å². The quantitative estimate of drug-likeness (QED) is 0.745. The van der Waals surface area contributed by atoms with Crippen molar-refractivity contribution < 1.29 is 8.42 Å². The lowest BCUT2D eigenvalue weighted by atomic mass is 10.2. The number of hydrogen-bond acceptors (Lipinski definition) is 4. The van der Waals surface area contributed by atoms with E-state index in [1.165, 1.54) is 0 Å². The average Bonchev–Trinajstić information content (AvgIpc) is 2.46. The second kappa shape index (κ2) is 3.15. The molecule has 2 heterocycles. The Morgan fingerprint density at radius 1 is 1.27 bits per heavy atom. The number of hydrogen-bond donors (Lipinski definition) is 1. The van der Waals surface area contributed by atoms with E-state index in [0.717, 1.165) is 10.6 Å². The van der Waals surface area contributed by atoms with Crippen LogP contribution < -0.4 is 5.32 Å². The van der Waals surface area contributed by atoms with Crippen LogP contribution in [-0.2, 0) is 9.84 Å². The van der Waals surface area contributed by atoms with Crippen molar-refractivity contribution in [1.29, 1.82) is 0 Å². The van der Waals surface area contributed by atoms with Crippen molar-refractivity contribution in [2.24, 2.45) is 0 Å². The van der Waals surface area contributed by atoms with Crippen LogP contribution in [0.5, 0.6) is 0 Å². The van der Waals surface area contributed by atoms with Crippen LogP contribution in [0.25, 0.3) is 0 Å². The Morgan fingerprint density at radius 3 is 2.93 bits per heavy atom. The predicted octanol–water partition coefficient (Wildman–Crippen LogP) is 1.37. The predicted molar refractivity (Wildman–Crippen MR) is 62.2 cm³/mol. The SMILES string of the molecule is O=S1(=O)C[C@@H]2Nc3ccccc3S[C@@H]2C1. The molecule has 0 aromatic heterocycles. The Bertz CT molecular complexity index is 459. The zero-order valence-electron chi connectivity index (χ0n) is 8.01. The Balaban J connectivity index is 1.97. The van der Waals surface area contributed by atoms with Crippen LogP contribution in [-0.4, -0.2) is 31.2 Å². The van der Waals surface area contributed by atoms with Crippen molar-refractivity contribution >= 4 is 27.3 Å². The molecule has 3 nitrogen and oxygen atoms in total. The first kappa shape index (κ1) is 9.54.